The summed E-state index contributed by atoms with van der Waals surface area (Å²) in [6, 6.07) is 4.68. The number of nitrogens with one attached hydrogen (secondary N) is 1. The van der Waals surface area contributed by atoms with Crippen molar-refractivity contribution in [1.29, 1.82) is 0 Å². The minimum atomic E-state index is -0.748. The Bertz CT molecular complexity index is 449. The molecule has 5 heteroatoms. The van der Waals surface area contributed by atoms with E-state index in [-0.39, 0.29) is 11.7 Å². The highest BCUT2D eigenvalue weighted by Gasteiger charge is 2.18. The summed E-state index contributed by atoms with van der Waals surface area (Å²) in [5.74, 6) is -0.252. The van der Waals surface area contributed by atoms with Gasteiger partial charge in [-0.05, 0) is 37.4 Å². The average molecular weight is 282 g/mol. The van der Waals surface area contributed by atoms with Crippen molar-refractivity contribution >= 4 is 5.91 Å². The molecule has 0 heterocycles. The molecule has 1 aromatic rings. The zero-order chi connectivity index (χ0) is 15.1. The van der Waals surface area contributed by atoms with Crippen molar-refractivity contribution < 1.29 is 13.9 Å². The maximum Gasteiger partial charge on any atom is 0.260 e. The van der Waals surface area contributed by atoms with Gasteiger partial charge in [-0.25, -0.2) is 4.39 Å². The van der Waals surface area contributed by atoms with Gasteiger partial charge in [0.05, 0.1) is 0 Å². The van der Waals surface area contributed by atoms with Crippen molar-refractivity contribution in [2.24, 2.45) is 11.7 Å². The molecule has 0 aliphatic rings. The summed E-state index contributed by atoms with van der Waals surface area (Å²) in [7, 11) is 0. The number of nitrogens with two attached hydrogens (primary N) is 1. The van der Waals surface area contributed by atoms with Crippen LogP contribution in [0.15, 0.2) is 18.2 Å². The third-order valence-corrected chi connectivity index (χ3v) is 2.81. The Kier molecular flexibility index (Phi) is 6.45. The second-order valence-corrected chi connectivity index (χ2v) is 5.17. The lowest BCUT2D eigenvalue weighted by Crippen LogP contribution is -2.38. The van der Waals surface area contributed by atoms with E-state index < -0.39 is 11.9 Å². The number of carbonyl (C=O) groups is 1. The van der Waals surface area contributed by atoms with E-state index in [1.54, 1.807) is 19.1 Å². The first-order valence-corrected chi connectivity index (χ1v) is 6.87. The summed E-state index contributed by atoms with van der Waals surface area (Å²) in [4.78, 5) is 11.8. The molecule has 4 nitrogen and oxygen atoms in total. The molecular formula is C15H23FN2O2. The van der Waals surface area contributed by atoms with Gasteiger partial charge in [-0.2, -0.15) is 0 Å². The minimum Gasteiger partial charge on any atom is -0.478 e. The van der Waals surface area contributed by atoms with E-state index in [1.165, 1.54) is 6.07 Å². The summed E-state index contributed by atoms with van der Waals surface area (Å²) >= 11 is 0. The number of ether oxygens (including phenoxy) is 1. The van der Waals surface area contributed by atoms with Crippen molar-refractivity contribution in [2.75, 3.05) is 13.1 Å². The van der Waals surface area contributed by atoms with Crippen LogP contribution >= 0.6 is 0 Å². The maximum atomic E-state index is 13.8. The molecule has 0 bridgehead atoms. The Morgan fingerprint density at radius 2 is 2.10 bits per heavy atom. The van der Waals surface area contributed by atoms with Gasteiger partial charge in [-0.3, -0.25) is 4.79 Å². The van der Waals surface area contributed by atoms with E-state index in [2.05, 4.69) is 5.32 Å². The Morgan fingerprint density at radius 3 is 2.70 bits per heavy atom. The number of para-hydroxylation sites is 1. The lowest BCUT2D eigenvalue weighted by atomic mass is 10.1. The number of benzene rings is 1. The van der Waals surface area contributed by atoms with Crippen LogP contribution in [0.2, 0.25) is 0 Å². The van der Waals surface area contributed by atoms with Gasteiger partial charge in [0.2, 0.25) is 0 Å². The van der Waals surface area contributed by atoms with Crippen LogP contribution in [0, 0.1) is 11.7 Å². The predicted molar refractivity (Wildman–Crippen MR) is 77.1 cm³/mol. The van der Waals surface area contributed by atoms with Crippen LogP contribution in [0.25, 0.3) is 0 Å². The zero-order valence-corrected chi connectivity index (χ0v) is 12.3. The Labute approximate surface area is 119 Å². The fourth-order valence-corrected chi connectivity index (χ4v) is 1.72. The second kappa shape index (κ2) is 7.85. The van der Waals surface area contributed by atoms with Gasteiger partial charge in [0.1, 0.15) is 0 Å². The number of carbonyl (C=O) groups excluding carboxylic acids is 1. The average Bonchev–Trinajstić information content (AvgIpc) is 2.40. The van der Waals surface area contributed by atoms with Gasteiger partial charge in [-0.1, -0.05) is 26.0 Å². The number of halogens is 1. The molecular weight excluding hydrogens is 259 g/mol. The molecule has 1 amide bonds. The summed E-state index contributed by atoms with van der Waals surface area (Å²) in [5.41, 5.74) is 6.17. The molecule has 0 saturated carbocycles. The third-order valence-electron chi connectivity index (χ3n) is 2.81. The van der Waals surface area contributed by atoms with E-state index >= 15 is 0 Å². The molecule has 0 fully saturated rings. The van der Waals surface area contributed by atoms with Crippen LogP contribution < -0.4 is 15.8 Å². The summed E-state index contributed by atoms with van der Waals surface area (Å²) in [5, 5.41) is 2.76. The zero-order valence-electron chi connectivity index (χ0n) is 12.3. The molecule has 3 N–H and O–H groups in total. The molecule has 1 unspecified atom stereocenters. The molecule has 0 radical (unpaired) electrons. The van der Waals surface area contributed by atoms with Gasteiger partial charge in [0.15, 0.2) is 17.7 Å². The smallest absolute Gasteiger partial charge is 0.260 e. The van der Waals surface area contributed by atoms with Crippen LogP contribution in [0.5, 0.6) is 5.75 Å². The summed E-state index contributed by atoms with van der Waals surface area (Å²) < 4.78 is 19.3. The van der Waals surface area contributed by atoms with Crippen molar-refractivity contribution in [3.05, 3.63) is 29.6 Å². The van der Waals surface area contributed by atoms with Gasteiger partial charge in [-0.15, -0.1) is 0 Å². The topological polar surface area (TPSA) is 64.3 Å². The normalized spacial score (nSPS) is 12.3. The lowest BCUT2D eigenvalue weighted by molar-refractivity contribution is -0.127. The monoisotopic (exact) mass is 282 g/mol. The fraction of sp³-hybridized carbons (Fsp3) is 0.533. The molecule has 0 aliphatic heterocycles. The standard InChI is InChI=1S/C15H23FN2O2/c1-10(2)9-18-15(19)11(3)20-14-12(7-8-17)5-4-6-13(14)16/h4-6,10-11H,7-9,17H2,1-3H3,(H,18,19). The minimum absolute atomic E-state index is 0.116. The molecule has 112 valence electrons. The first-order valence-electron chi connectivity index (χ1n) is 6.87. The lowest BCUT2D eigenvalue weighted by Gasteiger charge is -2.18. The highest BCUT2D eigenvalue weighted by molar-refractivity contribution is 5.80. The summed E-state index contributed by atoms with van der Waals surface area (Å²) in [6.07, 6.45) is -0.241. The van der Waals surface area contributed by atoms with E-state index in [0.29, 0.717) is 31.0 Å². The van der Waals surface area contributed by atoms with Crippen molar-refractivity contribution in [2.45, 2.75) is 33.3 Å². The van der Waals surface area contributed by atoms with Crippen molar-refractivity contribution in [3.8, 4) is 5.75 Å². The van der Waals surface area contributed by atoms with Crippen LogP contribution in [0.4, 0.5) is 4.39 Å². The third kappa shape index (κ3) is 4.81. The molecule has 20 heavy (non-hydrogen) atoms. The Balaban J connectivity index is 2.74. The molecule has 1 aromatic carbocycles. The highest BCUT2D eigenvalue weighted by atomic mass is 19.1. The maximum absolute atomic E-state index is 13.8. The second-order valence-electron chi connectivity index (χ2n) is 5.17. The number of rotatable bonds is 7. The van der Waals surface area contributed by atoms with Gasteiger partial charge >= 0.3 is 0 Å². The van der Waals surface area contributed by atoms with Crippen molar-refractivity contribution in [3.63, 3.8) is 0 Å². The predicted octanol–water partition coefficient (Wildman–Crippen LogP) is 1.87. The Hall–Kier alpha value is -1.62. The van der Waals surface area contributed by atoms with Crippen LogP contribution in [0.3, 0.4) is 0 Å². The number of hydrogen-bond donors (Lipinski definition) is 2. The van der Waals surface area contributed by atoms with Crippen molar-refractivity contribution in [1.82, 2.24) is 5.32 Å². The first kappa shape index (κ1) is 16.4. The van der Waals surface area contributed by atoms with E-state index in [9.17, 15) is 9.18 Å². The molecule has 0 spiro atoms. The van der Waals surface area contributed by atoms with Gasteiger partial charge in [0.25, 0.3) is 5.91 Å². The van der Waals surface area contributed by atoms with Gasteiger partial charge < -0.3 is 15.8 Å². The largest absolute Gasteiger partial charge is 0.478 e. The fourth-order valence-electron chi connectivity index (χ4n) is 1.72. The van der Waals surface area contributed by atoms with Crippen LogP contribution in [-0.2, 0) is 11.2 Å². The number of amides is 1. The quantitative estimate of drug-likeness (QED) is 0.802. The molecule has 0 aliphatic carbocycles. The highest BCUT2D eigenvalue weighted by Crippen LogP contribution is 2.24. The van der Waals surface area contributed by atoms with Crippen LogP contribution in [0.1, 0.15) is 26.3 Å². The SMILES string of the molecule is CC(C)CNC(=O)C(C)Oc1c(F)cccc1CCN. The molecule has 1 atom stereocenters. The number of hydrogen-bond acceptors (Lipinski definition) is 3. The molecule has 0 aromatic heterocycles. The summed E-state index contributed by atoms with van der Waals surface area (Å²) in [6.45, 7) is 6.57. The molecule has 0 saturated heterocycles. The van der Waals surface area contributed by atoms with Gasteiger partial charge in [0, 0.05) is 6.54 Å². The van der Waals surface area contributed by atoms with E-state index in [4.69, 9.17) is 10.5 Å². The Morgan fingerprint density at radius 1 is 1.40 bits per heavy atom. The van der Waals surface area contributed by atoms with E-state index in [1.807, 2.05) is 13.8 Å². The first-order chi connectivity index (χ1) is 9.45. The van der Waals surface area contributed by atoms with E-state index in [0.717, 1.165) is 0 Å². The molecule has 1 rings (SSSR count). The van der Waals surface area contributed by atoms with Crippen LogP contribution in [-0.4, -0.2) is 25.1 Å².